The van der Waals surface area contributed by atoms with Crippen LogP contribution < -0.4 is 30.2 Å². The Bertz CT molecular complexity index is 1080. The minimum atomic E-state index is -0.604. The number of ether oxygens (including phenoxy) is 3. The van der Waals surface area contributed by atoms with Crippen molar-refractivity contribution in [1.29, 1.82) is 0 Å². The quantitative estimate of drug-likeness (QED) is 0.560. The molecule has 0 amide bonds. The van der Waals surface area contributed by atoms with E-state index in [1.165, 1.54) is 0 Å². The number of pyridine rings is 1. The minimum Gasteiger partial charge on any atom is -0.493 e. The van der Waals surface area contributed by atoms with Crippen molar-refractivity contribution < 1.29 is 18.6 Å². The Labute approximate surface area is 172 Å². The number of fused-ring (bicyclic) bond motifs is 1. The second-order valence-corrected chi connectivity index (χ2v) is 6.49. The summed E-state index contributed by atoms with van der Waals surface area (Å²) in [5.74, 6) is 2.49. The van der Waals surface area contributed by atoms with Crippen LogP contribution in [-0.2, 0) is 0 Å². The zero-order valence-electron chi connectivity index (χ0n) is 16.7. The van der Waals surface area contributed by atoms with Crippen molar-refractivity contribution in [2.24, 2.45) is 0 Å². The Balaban J connectivity index is 1.57. The first-order chi connectivity index (χ1) is 14.6. The lowest BCUT2D eigenvalue weighted by Gasteiger charge is -2.18. The van der Waals surface area contributed by atoms with Gasteiger partial charge in [-0.1, -0.05) is 0 Å². The Hall–Kier alpha value is -3.82. The molecule has 1 aromatic carbocycles. The summed E-state index contributed by atoms with van der Waals surface area (Å²) in [7, 11) is 3.14. The molecule has 1 aliphatic heterocycles. The Morgan fingerprint density at radius 3 is 2.80 bits per heavy atom. The van der Waals surface area contributed by atoms with Gasteiger partial charge in [-0.15, -0.1) is 0 Å². The summed E-state index contributed by atoms with van der Waals surface area (Å²) in [5.41, 5.74) is 1.55. The van der Waals surface area contributed by atoms with Crippen molar-refractivity contribution in [2.75, 3.05) is 43.3 Å². The molecule has 0 radical (unpaired) electrons. The molecule has 3 N–H and O–H groups in total. The molecule has 9 nitrogen and oxygen atoms in total. The fourth-order valence-corrected chi connectivity index (χ4v) is 3.08. The highest BCUT2D eigenvalue weighted by atomic mass is 19.1. The van der Waals surface area contributed by atoms with Crippen molar-refractivity contribution >= 4 is 29.1 Å². The van der Waals surface area contributed by atoms with E-state index in [0.717, 1.165) is 11.8 Å². The molecule has 30 heavy (non-hydrogen) atoms. The largest absolute Gasteiger partial charge is 0.493 e. The van der Waals surface area contributed by atoms with Crippen molar-refractivity contribution in [3.8, 4) is 17.2 Å². The van der Waals surface area contributed by atoms with Crippen LogP contribution in [0.1, 0.15) is 5.56 Å². The highest BCUT2D eigenvalue weighted by Gasteiger charge is 2.15. The smallest absolute Gasteiger partial charge is 0.229 e. The predicted molar refractivity (Wildman–Crippen MR) is 111 cm³/mol. The monoisotopic (exact) mass is 412 g/mol. The maximum absolute atomic E-state index is 14.3. The van der Waals surface area contributed by atoms with Gasteiger partial charge in [0, 0.05) is 11.8 Å². The summed E-state index contributed by atoms with van der Waals surface area (Å²) in [6.07, 6.45) is 1.09. The molecule has 10 heteroatoms. The van der Waals surface area contributed by atoms with Gasteiger partial charge in [0.25, 0.3) is 0 Å². The number of aryl methyl sites for hydroxylation is 1. The number of nitrogens with zero attached hydrogens (tertiary/aromatic N) is 3. The normalized spacial score (nSPS) is 12.3. The fourth-order valence-electron chi connectivity index (χ4n) is 3.08. The molecular weight excluding hydrogens is 391 g/mol. The van der Waals surface area contributed by atoms with Gasteiger partial charge in [0.1, 0.15) is 12.4 Å². The van der Waals surface area contributed by atoms with Crippen LogP contribution in [0.15, 0.2) is 30.5 Å². The van der Waals surface area contributed by atoms with E-state index in [9.17, 15) is 4.39 Å². The topological polar surface area (TPSA) is 102 Å². The van der Waals surface area contributed by atoms with Crippen molar-refractivity contribution in [3.05, 3.63) is 41.8 Å². The first-order valence-electron chi connectivity index (χ1n) is 9.24. The van der Waals surface area contributed by atoms with Crippen LogP contribution in [0.4, 0.5) is 33.5 Å². The molecule has 0 spiro atoms. The van der Waals surface area contributed by atoms with E-state index in [1.807, 2.05) is 13.0 Å². The molecule has 156 valence electrons. The van der Waals surface area contributed by atoms with E-state index in [4.69, 9.17) is 14.2 Å². The van der Waals surface area contributed by atoms with E-state index >= 15 is 0 Å². The maximum Gasteiger partial charge on any atom is 0.229 e. The minimum absolute atomic E-state index is 0.00567. The molecule has 4 rings (SSSR count). The third kappa shape index (κ3) is 3.97. The number of halogens is 1. The van der Waals surface area contributed by atoms with Crippen molar-refractivity contribution in [1.82, 2.24) is 15.0 Å². The van der Waals surface area contributed by atoms with Crippen LogP contribution in [0.2, 0.25) is 0 Å². The number of nitrogens with one attached hydrogen (secondary N) is 3. The van der Waals surface area contributed by atoms with E-state index in [1.54, 1.807) is 32.4 Å². The van der Waals surface area contributed by atoms with Crippen LogP contribution >= 0.6 is 0 Å². The molecule has 3 aromatic rings. The summed E-state index contributed by atoms with van der Waals surface area (Å²) >= 11 is 0. The summed E-state index contributed by atoms with van der Waals surface area (Å²) < 4.78 is 30.5. The first kappa shape index (κ1) is 19.5. The summed E-state index contributed by atoms with van der Waals surface area (Å²) in [6.45, 7) is 3.13. The maximum atomic E-state index is 14.3. The molecule has 0 saturated heterocycles. The Morgan fingerprint density at radius 2 is 2.00 bits per heavy atom. The molecule has 0 atom stereocenters. The van der Waals surface area contributed by atoms with E-state index in [0.29, 0.717) is 47.7 Å². The summed E-state index contributed by atoms with van der Waals surface area (Å²) in [5, 5.41) is 9.08. The van der Waals surface area contributed by atoms with Crippen molar-refractivity contribution in [2.45, 2.75) is 6.92 Å². The average Bonchev–Trinajstić information content (AvgIpc) is 2.75. The number of benzene rings is 1. The van der Waals surface area contributed by atoms with Gasteiger partial charge in [0.15, 0.2) is 34.7 Å². The first-order valence-corrected chi connectivity index (χ1v) is 9.24. The second-order valence-electron chi connectivity index (χ2n) is 6.49. The number of rotatable bonds is 6. The van der Waals surface area contributed by atoms with Crippen molar-refractivity contribution in [3.63, 3.8) is 0 Å². The zero-order chi connectivity index (χ0) is 21.1. The van der Waals surface area contributed by atoms with Gasteiger partial charge in [-0.25, -0.2) is 14.4 Å². The van der Waals surface area contributed by atoms with Gasteiger partial charge < -0.3 is 30.2 Å². The predicted octanol–water partition coefficient (Wildman–Crippen LogP) is 3.63. The fraction of sp³-hybridized carbons (Fsp3) is 0.250. The van der Waals surface area contributed by atoms with Crippen LogP contribution in [0.25, 0.3) is 0 Å². The van der Waals surface area contributed by atoms with Gasteiger partial charge in [-0.2, -0.15) is 4.98 Å². The van der Waals surface area contributed by atoms with Gasteiger partial charge in [-0.05, 0) is 30.7 Å². The lowest BCUT2D eigenvalue weighted by molar-refractivity contribution is 0.321. The number of aromatic nitrogens is 3. The van der Waals surface area contributed by atoms with Crippen LogP contribution in [-0.4, -0.2) is 42.3 Å². The summed E-state index contributed by atoms with van der Waals surface area (Å²) in [6, 6.07) is 7.07. The molecular formula is C20H21FN6O3. The third-order valence-electron chi connectivity index (χ3n) is 4.42. The van der Waals surface area contributed by atoms with E-state index in [2.05, 4.69) is 30.9 Å². The molecule has 2 aromatic heterocycles. The van der Waals surface area contributed by atoms with E-state index < -0.39 is 5.82 Å². The number of methoxy groups -OCH3 is 2. The van der Waals surface area contributed by atoms with E-state index in [-0.39, 0.29) is 11.8 Å². The molecule has 0 bridgehead atoms. The standard InChI is InChI=1S/C20H21FN6O3/c1-11-8-12(9-15(28-2)17(11)29-3)24-20-23-10-13(21)18(27-20)25-16-5-4-14-19(26-16)22-6-7-30-14/h4-5,8-10H,6-7H2,1-3H3,(H3,22,23,24,25,26,27). The van der Waals surface area contributed by atoms with Crippen LogP contribution in [0, 0.1) is 12.7 Å². The van der Waals surface area contributed by atoms with Crippen LogP contribution in [0.5, 0.6) is 17.2 Å². The third-order valence-corrected chi connectivity index (χ3v) is 4.42. The zero-order valence-corrected chi connectivity index (χ0v) is 16.7. The second kappa shape index (κ2) is 8.27. The van der Waals surface area contributed by atoms with Gasteiger partial charge >= 0.3 is 0 Å². The highest BCUT2D eigenvalue weighted by Crippen LogP contribution is 2.35. The molecule has 1 aliphatic rings. The molecule has 0 unspecified atom stereocenters. The van der Waals surface area contributed by atoms with Crippen LogP contribution in [0.3, 0.4) is 0 Å². The molecule has 0 fully saturated rings. The number of hydrogen-bond donors (Lipinski definition) is 3. The SMILES string of the molecule is COc1cc(Nc2ncc(F)c(Nc3ccc4c(n3)NCCO4)n2)cc(C)c1OC. The lowest BCUT2D eigenvalue weighted by atomic mass is 10.2. The van der Waals surface area contributed by atoms with Gasteiger partial charge in [0.05, 0.1) is 27.0 Å². The molecule has 3 heterocycles. The average molecular weight is 412 g/mol. The Kier molecular flexibility index (Phi) is 5.38. The summed E-state index contributed by atoms with van der Waals surface area (Å²) in [4.78, 5) is 12.6. The number of hydrogen-bond acceptors (Lipinski definition) is 9. The molecule has 0 saturated carbocycles. The molecule has 0 aliphatic carbocycles. The number of anilines is 5. The van der Waals surface area contributed by atoms with Gasteiger partial charge in [0.2, 0.25) is 5.95 Å². The van der Waals surface area contributed by atoms with Gasteiger partial charge in [-0.3, -0.25) is 0 Å². The Morgan fingerprint density at radius 1 is 1.13 bits per heavy atom. The highest BCUT2D eigenvalue weighted by molar-refractivity contribution is 5.65. The lowest BCUT2D eigenvalue weighted by Crippen LogP contribution is -2.19.